The van der Waals surface area contributed by atoms with E-state index >= 15 is 0 Å². The molecular formula is C27H27N3O3. The number of aryl methyl sites for hydroxylation is 1. The van der Waals surface area contributed by atoms with Gasteiger partial charge in [-0.1, -0.05) is 31.2 Å². The summed E-state index contributed by atoms with van der Waals surface area (Å²) in [4.78, 5) is 27.9. The third-order valence-corrected chi connectivity index (χ3v) is 5.55. The van der Waals surface area contributed by atoms with E-state index in [1.165, 1.54) is 0 Å². The first-order valence-corrected chi connectivity index (χ1v) is 11.0. The molecule has 4 rings (SSSR count). The van der Waals surface area contributed by atoms with Crippen LogP contribution in [0.5, 0.6) is 5.75 Å². The Hall–Kier alpha value is -4.06. The van der Waals surface area contributed by atoms with E-state index in [-0.39, 0.29) is 11.8 Å². The zero-order valence-corrected chi connectivity index (χ0v) is 18.8. The number of ether oxygens (including phenoxy) is 1. The zero-order valence-electron chi connectivity index (χ0n) is 18.8. The predicted octanol–water partition coefficient (Wildman–Crippen LogP) is 5.76. The van der Waals surface area contributed by atoms with Crippen LogP contribution in [0.4, 0.5) is 11.4 Å². The van der Waals surface area contributed by atoms with Gasteiger partial charge in [0.2, 0.25) is 11.8 Å². The van der Waals surface area contributed by atoms with Crippen LogP contribution in [0.3, 0.4) is 0 Å². The van der Waals surface area contributed by atoms with E-state index < -0.39 is 0 Å². The number of carbonyl (C=O) groups is 2. The van der Waals surface area contributed by atoms with Gasteiger partial charge in [0.1, 0.15) is 5.75 Å². The highest BCUT2D eigenvalue weighted by molar-refractivity contribution is 5.95. The summed E-state index contributed by atoms with van der Waals surface area (Å²) < 4.78 is 5.28. The van der Waals surface area contributed by atoms with Crippen LogP contribution in [-0.2, 0) is 16.0 Å². The van der Waals surface area contributed by atoms with E-state index in [0.29, 0.717) is 30.6 Å². The molecule has 3 N–H and O–H groups in total. The van der Waals surface area contributed by atoms with E-state index in [9.17, 15) is 9.59 Å². The number of nitrogens with one attached hydrogen (secondary N) is 3. The standard InChI is InChI=1S/C27H27N3O3/c1-3-25(31)28-19-7-6-8-20(17-19)29-26(32)16-15-23-22-9-4-5-10-24(22)30-27(23)18-11-13-21(33-2)14-12-18/h4-14,17,30H,3,15-16H2,1-2H3,(H,28,31)(H,29,32). The molecule has 3 aromatic carbocycles. The minimum atomic E-state index is -0.0834. The van der Waals surface area contributed by atoms with Gasteiger partial charge in [-0.25, -0.2) is 0 Å². The summed E-state index contributed by atoms with van der Waals surface area (Å²) in [6.45, 7) is 1.80. The van der Waals surface area contributed by atoms with Gasteiger partial charge in [0.25, 0.3) is 0 Å². The minimum Gasteiger partial charge on any atom is -0.497 e. The van der Waals surface area contributed by atoms with Gasteiger partial charge in [0.05, 0.1) is 7.11 Å². The molecule has 0 aliphatic carbocycles. The number of anilines is 2. The quantitative estimate of drug-likeness (QED) is 0.325. The number of aromatic amines is 1. The lowest BCUT2D eigenvalue weighted by Gasteiger charge is -2.09. The Morgan fingerprint density at radius 2 is 1.58 bits per heavy atom. The van der Waals surface area contributed by atoms with Crippen LogP contribution in [0, 0.1) is 0 Å². The maximum atomic E-state index is 12.7. The maximum Gasteiger partial charge on any atom is 0.224 e. The number of hydrogen-bond donors (Lipinski definition) is 3. The number of carbonyl (C=O) groups excluding carboxylic acids is 2. The number of aromatic nitrogens is 1. The van der Waals surface area contributed by atoms with Gasteiger partial charge >= 0.3 is 0 Å². The number of amides is 2. The molecule has 0 bridgehead atoms. The molecule has 0 aliphatic heterocycles. The molecule has 6 nitrogen and oxygen atoms in total. The van der Waals surface area contributed by atoms with Crippen LogP contribution in [0.1, 0.15) is 25.3 Å². The molecule has 0 unspecified atom stereocenters. The summed E-state index contributed by atoms with van der Waals surface area (Å²) in [6.07, 6.45) is 1.32. The third kappa shape index (κ3) is 5.23. The largest absolute Gasteiger partial charge is 0.497 e. The van der Waals surface area contributed by atoms with Crippen molar-refractivity contribution in [2.24, 2.45) is 0 Å². The number of hydrogen-bond acceptors (Lipinski definition) is 3. The van der Waals surface area contributed by atoms with E-state index in [4.69, 9.17) is 4.74 Å². The molecule has 4 aromatic rings. The SMILES string of the molecule is CCC(=O)Nc1cccc(NC(=O)CCc2c(-c3ccc(OC)cc3)[nH]c3ccccc23)c1. The number of methoxy groups -OCH3 is 1. The van der Waals surface area contributed by atoms with Crippen molar-refractivity contribution in [1.29, 1.82) is 0 Å². The van der Waals surface area contributed by atoms with Crippen molar-refractivity contribution in [2.75, 3.05) is 17.7 Å². The van der Waals surface area contributed by atoms with Crippen LogP contribution in [-0.4, -0.2) is 23.9 Å². The molecule has 1 heterocycles. The normalized spacial score (nSPS) is 10.7. The highest BCUT2D eigenvalue weighted by Gasteiger charge is 2.15. The average molecular weight is 442 g/mol. The second-order valence-corrected chi connectivity index (χ2v) is 7.78. The van der Waals surface area contributed by atoms with Crippen LogP contribution in [0.25, 0.3) is 22.2 Å². The topological polar surface area (TPSA) is 83.2 Å². The van der Waals surface area contributed by atoms with E-state index in [0.717, 1.165) is 33.5 Å². The second-order valence-electron chi connectivity index (χ2n) is 7.78. The first-order chi connectivity index (χ1) is 16.1. The second kappa shape index (κ2) is 10.0. The lowest BCUT2D eigenvalue weighted by molar-refractivity contribution is -0.116. The number of benzene rings is 3. The monoisotopic (exact) mass is 441 g/mol. The van der Waals surface area contributed by atoms with Gasteiger partial charge in [-0.15, -0.1) is 0 Å². The molecule has 33 heavy (non-hydrogen) atoms. The molecule has 0 spiro atoms. The predicted molar refractivity (Wildman–Crippen MR) is 133 cm³/mol. The van der Waals surface area contributed by atoms with Crippen molar-refractivity contribution in [2.45, 2.75) is 26.2 Å². The summed E-state index contributed by atoms with van der Waals surface area (Å²) in [5.41, 5.74) is 5.52. The van der Waals surface area contributed by atoms with Crippen molar-refractivity contribution in [3.8, 4) is 17.0 Å². The van der Waals surface area contributed by atoms with Crippen molar-refractivity contribution in [1.82, 2.24) is 4.98 Å². The fourth-order valence-electron chi connectivity index (χ4n) is 3.85. The maximum absolute atomic E-state index is 12.7. The Balaban J connectivity index is 1.51. The fourth-order valence-corrected chi connectivity index (χ4v) is 3.85. The Morgan fingerprint density at radius 3 is 2.27 bits per heavy atom. The highest BCUT2D eigenvalue weighted by atomic mass is 16.5. The molecule has 0 radical (unpaired) electrons. The molecule has 168 valence electrons. The lowest BCUT2D eigenvalue weighted by atomic mass is 10.0. The van der Waals surface area contributed by atoms with Crippen LogP contribution < -0.4 is 15.4 Å². The summed E-state index contributed by atoms with van der Waals surface area (Å²) in [5, 5.41) is 6.86. The average Bonchev–Trinajstić information content (AvgIpc) is 3.21. The van der Waals surface area contributed by atoms with E-state index in [2.05, 4.69) is 21.7 Å². The molecule has 0 atom stereocenters. The van der Waals surface area contributed by atoms with Crippen LogP contribution >= 0.6 is 0 Å². The molecule has 0 fully saturated rings. The Morgan fingerprint density at radius 1 is 0.879 bits per heavy atom. The summed E-state index contributed by atoms with van der Waals surface area (Å²) >= 11 is 0. The summed E-state index contributed by atoms with van der Waals surface area (Å²) in [7, 11) is 1.65. The molecule has 0 saturated carbocycles. The van der Waals surface area contributed by atoms with Gasteiger partial charge in [0.15, 0.2) is 0 Å². The summed E-state index contributed by atoms with van der Waals surface area (Å²) in [6, 6.07) is 23.2. The Bertz CT molecular complexity index is 1280. The van der Waals surface area contributed by atoms with Crippen molar-refractivity contribution in [3.05, 3.63) is 78.4 Å². The number of H-pyrrole nitrogens is 1. The molecule has 0 aliphatic rings. The summed E-state index contributed by atoms with van der Waals surface area (Å²) in [5.74, 6) is 0.650. The fraction of sp³-hybridized carbons (Fsp3) is 0.185. The van der Waals surface area contributed by atoms with Crippen molar-refractivity contribution < 1.29 is 14.3 Å². The molecule has 6 heteroatoms. The number of fused-ring (bicyclic) bond motifs is 1. The molecule has 0 saturated heterocycles. The van der Waals surface area contributed by atoms with E-state index in [1.807, 2.05) is 54.6 Å². The third-order valence-electron chi connectivity index (χ3n) is 5.55. The Kier molecular flexibility index (Phi) is 6.74. The smallest absolute Gasteiger partial charge is 0.224 e. The first kappa shape index (κ1) is 22.1. The minimum absolute atomic E-state index is 0.0659. The molecule has 1 aromatic heterocycles. The van der Waals surface area contributed by atoms with Crippen molar-refractivity contribution >= 4 is 34.1 Å². The van der Waals surface area contributed by atoms with Crippen LogP contribution in [0.2, 0.25) is 0 Å². The van der Waals surface area contributed by atoms with E-state index in [1.54, 1.807) is 26.2 Å². The Labute approximate surface area is 193 Å². The zero-order chi connectivity index (χ0) is 23.2. The molecule has 2 amide bonds. The highest BCUT2D eigenvalue weighted by Crippen LogP contribution is 2.32. The van der Waals surface area contributed by atoms with Gasteiger partial charge in [-0.05, 0) is 66.1 Å². The number of para-hydroxylation sites is 1. The van der Waals surface area contributed by atoms with Crippen molar-refractivity contribution in [3.63, 3.8) is 0 Å². The van der Waals surface area contributed by atoms with Crippen LogP contribution in [0.15, 0.2) is 72.8 Å². The van der Waals surface area contributed by atoms with Gasteiger partial charge in [-0.3, -0.25) is 9.59 Å². The van der Waals surface area contributed by atoms with Gasteiger partial charge in [0, 0.05) is 40.8 Å². The molecular weight excluding hydrogens is 414 g/mol. The van der Waals surface area contributed by atoms with Gasteiger partial charge in [-0.2, -0.15) is 0 Å². The van der Waals surface area contributed by atoms with Gasteiger partial charge < -0.3 is 20.4 Å². The number of rotatable bonds is 8. The lowest BCUT2D eigenvalue weighted by Crippen LogP contribution is -2.13. The first-order valence-electron chi connectivity index (χ1n) is 11.0.